The zero-order valence-corrected chi connectivity index (χ0v) is 10.4. The minimum Gasteiger partial charge on any atom is -0.476 e. The van der Waals surface area contributed by atoms with Crippen LogP contribution in [0.2, 0.25) is 0 Å². The molecule has 0 spiro atoms. The van der Waals surface area contributed by atoms with E-state index in [4.69, 9.17) is 10.5 Å². The maximum Gasteiger partial charge on any atom is 0.221 e. The van der Waals surface area contributed by atoms with Crippen LogP contribution in [0.4, 0.5) is 5.82 Å². The topological polar surface area (TPSA) is 64.3 Å². The molecule has 2 N–H and O–H groups in total. The van der Waals surface area contributed by atoms with Crippen molar-refractivity contribution in [3.8, 4) is 5.88 Å². The maximum atomic E-state index is 5.78. The van der Waals surface area contributed by atoms with Gasteiger partial charge in [0.15, 0.2) is 0 Å². The molecule has 0 saturated carbocycles. The first-order valence-corrected chi connectivity index (χ1v) is 6.25. The SMILES string of the molecule is CCc1c(N)ncnc1OCCN1CCCC1. The van der Waals surface area contributed by atoms with Gasteiger partial charge in [-0.25, -0.2) is 9.97 Å². The normalized spacial score (nSPS) is 16.3. The lowest BCUT2D eigenvalue weighted by molar-refractivity contribution is 0.230. The highest BCUT2D eigenvalue weighted by molar-refractivity contribution is 5.44. The van der Waals surface area contributed by atoms with Gasteiger partial charge in [-0.15, -0.1) is 0 Å². The van der Waals surface area contributed by atoms with Crippen molar-refractivity contribution in [3.63, 3.8) is 0 Å². The van der Waals surface area contributed by atoms with Gasteiger partial charge in [-0.1, -0.05) is 6.92 Å². The molecule has 2 heterocycles. The lowest BCUT2D eigenvalue weighted by atomic mass is 10.2. The zero-order valence-electron chi connectivity index (χ0n) is 10.4. The third kappa shape index (κ3) is 3.06. The average molecular weight is 236 g/mol. The summed E-state index contributed by atoms with van der Waals surface area (Å²) in [5, 5.41) is 0. The van der Waals surface area contributed by atoms with Crippen LogP contribution in [0.3, 0.4) is 0 Å². The van der Waals surface area contributed by atoms with Crippen molar-refractivity contribution >= 4 is 5.82 Å². The first kappa shape index (κ1) is 12.1. The Bertz CT molecular complexity index is 364. The van der Waals surface area contributed by atoms with E-state index >= 15 is 0 Å². The number of hydrogen-bond donors (Lipinski definition) is 1. The minimum absolute atomic E-state index is 0.527. The quantitative estimate of drug-likeness (QED) is 0.829. The molecule has 94 valence electrons. The molecule has 0 amide bonds. The van der Waals surface area contributed by atoms with E-state index in [0.717, 1.165) is 18.5 Å². The second kappa shape index (κ2) is 5.82. The number of likely N-dealkylation sites (tertiary alicyclic amines) is 1. The molecule has 0 atom stereocenters. The molecular weight excluding hydrogens is 216 g/mol. The van der Waals surface area contributed by atoms with Crippen molar-refractivity contribution in [2.24, 2.45) is 0 Å². The summed E-state index contributed by atoms with van der Waals surface area (Å²) >= 11 is 0. The summed E-state index contributed by atoms with van der Waals surface area (Å²) in [4.78, 5) is 10.5. The fourth-order valence-corrected chi connectivity index (χ4v) is 2.14. The lowest BCUT2D eigenvalue weighted by Gasteiger charge is -2.15. The van der Waals surface area contributed by atoms with Crippen LogP contribution in [0.15, 0.2) is 6.33 Å². The first-order chi connectivity index (χ1) is 8.31. The van der Waals surface area contributed by atoms with Crippen LogP contribution >= 0.6 is 0 Å². The molecule has 0 aromatic carbocycles. The van der Waals surface area contributed by atoms with Gasteiger partial charge < -0.3 is 10.5 Å². The highest BCUT2D eigenvalue weighted by Gasteiger charge is 2.12. The average Bonchev–Trinajstić information content (AvgIpc) is 2.82. The predicted octanol–water partition coefficient (Wildman–Crippen LogP) is 1.10. The number of aromatic nitrogens is 2. The molecule has 1 aliphatic rings. The second-order valence-electron chi connectivity index (χ2n) is 4.29. The van der Waals surface area contributed by atoms with Crippen LogP contribution in [0.1, 0.15) is 25.3 Å². The Morgan fingerprint density at radius 2 is 2.12 bits per heavy atom. The van der Waals surface area contributed by atoms with Gasteiger partial charge in [0.1, 0.15) is 18.8 Å². The third-order valence-corrected chi connectivity index (χ3v) is 3.14. The van der Waals surface area contributed by atoms with Crippen LogP contribution in [-0.2, 0) is 6.42 Å². The third-order valence-electron chi connectivity index (χ3n) is 3.14. The lowest BCUT2D eigenvalue weighted by Crippen LogP contribution is -2.25. The summed E-state index contributed by atoms with van der Waals surface area (Å²) in [6, 6.07) is 0. The molecule has 0 unspecified atom stereocenters. The van der Waals surface area contributed by atoms with Gasteiger partial charge in [0.25, 0.3) is 0 Å². The molecule has 1 fully saturated rings. The van der Waals surface area contributed by atoms with E-state index in [2.05, 4.69) is 14.9 Å². The Morgan fingerprint density at radius 1 is 1.35 bits per heavy atom. The largest absolute Gasteiger partial charge is 0.476 e. The number of nitrogens with two attached hydrogens (primary N) is 1. The molecular formula is C12H20N4O. The summed E-state index contributed by atoms with van der Waals surface area (Å²) in [6.07, 6.45) is 4.87. The van der Waals surface area contributed by atoms with Crippen LogP contribution < -0.4 is 10.5 Å². The van der Waals surface area contributed by atoms with Crippen molar-refractivity contribution in [1.82, 2.24) is 14.9 Å². The molecule has 1 aromatic heterocycles. The summed E-state index contributed by atoms with van der Waals surface area (Å²) in [5.74, 6) is 1.16. The fraction of sp³-hybridized carbons (Fsp3) is 0.667. The summed E-state index contributed by atoms with van der Waals surface area (Å²) in [7, 11) is 0. The standard InChI is InChI=1S/C12H20N4O/c1-2-10-11(13)14-9-15-12(10)17-8-7-16-5-3-4-6-16/h9H,2-8H2,1H3,(H2,13,14,15). The Morgan fingerprint density at radius 3 is 2.82 bits per heavy atom. The Balaban J connectivity index is 1.87. The van der Waals surface area contributed by atoms with Gasteiger partial charge in [0.05, 0.1) is 5.56 Å². The number of nitrogen functional groups attached to an aromatic ring is 1. The van der Waals surface area contributed by atoms with Crippen LogP contribution in [-0.4, -0.2) is 41.1 Å². The molecule has 17 heavy (non-hydrogen) atoms. The van der Waals surface area contributed by atoms with E-state index in [1.54, 1.807) is 0 Å². The molecule has 0 radical (unpaired) electrons. The highest BCUT2D eigenvalue weighted by Crippen LogP contribution is 2.19. The number of rotatable bonds is 5. The highest BCUT2D eigenvalue weighted by atomic mass is 16.5. The summed E-state index contributed by atoms with van der Waals surface area (Å²) in [6.45, 7) is 6.05. The van der Waals surface area contributed by atoms with E-state index in [9.17, 15) is 0 Å². The number of anilines is 1. The number of nitrogens with zero attached hydrogens (tertiary/aromatic N) is 3. The van der Waals surface area contributed by atoms with Crippen molar-refractivity contribution in [2.75, 3.05) is 32.0 Å². The summed E-state index contributed by atoms with van der Waals surface area (Å²) < 4.78 is 5.70. The number of ether oxygens (including phenoxy) is 1. The Kier molecular flexibility index (Phi) is 4.14. The van der Waals surface area contributed by atoms with Crippen LogP contribution in [0, 0.1) is 0 Å². The Labute approximate surface area is 102 Å². The van der Waals surface area contributed by atoms with E-state index in [1.165, 1.54) is 32.3 Å². The van der Waals surface area contributed by atoms with Crippen molar-refractivity contribution in [2.45, 2.75) is 26.2 Å². The van der Waals surface area contributed by atoms with Gasteiger partial charge in [0, 0.05) is 6.54 Å². The summed E-state index contributed by atoms with van der Waals surface area (Å²) in [5.41, 5.74) is 6.70. The maximum absolute atomic E-state index is 5.78. The predicted molar refractivity (Wildman–Crippen MR) is 67.0 cm³/mol. The molecule has 0 bridgehead atoms. The van der Waals surface area contributed by atoms with Crippen LogP contribution in [0.25, 0.3) is 0 Å². The monoisotopic (exact) mass is 236 g/mol. The second-order valence-corrected chi connectivity index (χ2v) is 4.29. The van der Waals surface area contributed by atoms with Gasteiger partial charge in [0.2, 0.25) is 5.88 Å². The van der Waals surface area contributed by atoms with E-state index < -0.39 is 0 Å². The number of hydrogen-bond acceptors (Lipinski definition) is 5. The molecule has 5 nitrogen and oxygen atoms in total. The molecule has 1 aliphatic heterocycles. The molecule has 1 aromatic rings. The van der Waals surface area contributed by atoms with E-state index in [1.807, 2.05) is 6.92 Å². The zero-order chi connectivity index (χ0) is 12.1. The van der Waals surface area contributed by atoms with Gasteiger partial charge in [-0.05, 0) is 32.4 Å². The molecule has 5 heteroatoms. The minimum atomic E-state index is 0.527. The van der Waals surface area contributed by atoms with Gasteiger partial charge in [-0.2, -0.15) is 0 Å². The van der Waals surface area contributed by atoms with Gasteiger partial charge in [-0.3, -0.25) is 4.90 Å². The molecule has 2 rings (SSSR count). The van der Waals surface area contributed by atoms with Crippen molar-refractivity contribution in [1.29, 1.82) is 0 Å². The fourth-order valence-electron chi connectivity index (χ4n) is 2.14. The van der Waals surface area contributed by atoms with Crippen LogP contribution in [0.5, 0.6) is 5.88 Å². The molecule has 1 saturated heterocycles. The first-order valence-electron chi connectivity index (χ1n) is 6.25. The van der Waals surface area contributed by atoms with E-state index in [0.29, 0.717) is 18.3 Å². The van der Waals surface area contributed by atoms with Crippen molar-refractivity contribution in [3.05, 3.63) is 11.9 Å². The smallest absolute Gasteiger partial charge is 0.221 e. The van der Waals surface area contributed by atoms with Gasteiger partial charge >= 0.3 is 0 Å². The van der Waals surface area contributed by atoms with E-state index in [-0.39, 0.29) is 0 Å². The Hall–Kier alpha value is -1.36. The molecule has 0 aliphatic carbocycles. The van der Waals surface area contributed by atoms with Crippen molar-refractivity contribution < 1.29 is 4.74 Å².